The van der Waals surface area contributed by atoms with E-state index in [4.69, 9.17) is 16.3 Å². The van der Waals surface area contributed by atoms with Gasteiger partial charge in [-0.1, -0.05) is 62.9 Å². The molecule has 26 heteroatoms. The summed E-state index contributed by atoms with van der Waals surface area (Å²) in [6, 6.07) is 16.7. The van der Waals surface area contributed by atoms with E-state index < -0.39 is 118 Å². The van der Waals surface area contributed by atoms with Gasteiger partial charge in [0.1, 0.15) is 40.4 Å². The fourth-order valence-corrected chi connectivity index (χ4v) is 9.43. The van der Waals surface area contributed by atoms with Gasteiger partial charge in [-0.05, 0) is 60.0 Å². The van der Waals surface area contributed by atoms with Gasteiger partial charge in [0.25, 0.3) is 40.7 Å². The lowest BCUT2D eigenvalue weighted by Crippen LogP contribution is -2.44. The number of imide groups is 1. The Morgan fingerprint density at radius 2 is 1.36 bits per heavy atom. The molecule has 0 unspecified atom stereocenters. The Balaban J connectivity index is 0.000000230. The van der Waals surface area contributed by atoms with Crippen molar-refractivity contribution < 1.29 is 60.5 Å². The van der Waals surface area contributed by atoms with Crippen LogP contribution in [0.2, 0.25) is 5.02 Å². The molecule has 0 saturated carbocycles. The number of aromatic nitrogens is 7. The summed E-state index contributed by atoms with van der Waals surface area (Å²) in [4.78, 5) is 86.5. The van der Waals surface area contributed by atoms with Crippen LogP contribution in [0, 0.1) is 11.6 Å². The largest absolute Gasteiger partial charge is 0.505 e. The van der Waals surface area contributed by atoms with Gasteiger partial charge >= 0.3 is 5.97 Å². The number of fused-ring (bicyclic) bond motifs is 2. The van der Waals surface area contributed by atoms with E-state index in [9.17, 15) is 56.5 Å². The number of hydrogen-bond acceptors (Lipinski definition) is 14. The maximum absolute atomic E-state index is 15.7. The summed E-state index contributed by atoms with van der Waals surface area (Å²) >= 11 is 6.61. The molecule has 3 amide bonds. The molecule has 19 nitrogen and oxygen atoms in total. The van der Waals surface area contributed by atoms with E-state index in [0.717, 1.165) is 4.57 Å². The zero-order chi connectivity index (χ0) is 56.7. The monoisotopic (exact) mass is 1140 g/mol. The van der Waals surface area contributed by atoms with E-state index in [0.29, 0.717) is 38.4 Å². The van der Waals surface area contributed by atoms with E-state index in [1.807, 2.05) is 0 Å². The van der Waals surface area contributed by atoms with Crippen molar-refractivity contribution in [1.29, 1.82) is 0 Å². The van der Waals surface area contributed by atoms with E-state index >= 15 is 8.78 Å². The molecule has 2 aliphatic heterocycles. The molecule has 81 heavy (non-hydrogen) atoms. The van der Waals surface area contributed by atoms with Gasteiger partial charge in [0.2, 0.25) is 0 Å². The Hall–Kier alpha value is -9.13. The molecule has 0 radical (unpaired) electrons. The summed E-state index contributed by atoms with van der Waals surface area (Å²) < 4.78 is 95.2. The molecule has 2 aliphatic rings. The quantitative estimate of drug-likeness (QED) is 0.0460. The number of nitrogens with one attached hydrogen (secondary N) is 2. The first-order chi connectivity index (χ1) is 37.6. The third-order valence-electron chi connectivity index (χ3n) is 12.9. The summed E-state index contributed by atoms with van der Waals surface area (Å²) in [5, 5.41) is 34.4. The second-order valence-electron chi connectivity index (χ2n) is 18.4. The van der Waals surface area contributed by atoms with Crippen molar-refractivity contribution in [3.05, 3.63) is 179 Å². The molecule has 4 N–H and O–H groups in total. The zero-order valence-corrected chi connectivity index (χ0v) is 42.3. The number of amides is 3. The van der Waals surface area contributed by atoms with Crippen LogP contribution < -0.4 is 21.8 Å². The fourth-order valence-electron chi connectivity index (χ4n) is 9.13. The smallest absolute Gasteiger partial charge is 0.347 e. The number of aryl methyl sites for hydroxylation is 1. The van der Waals surface area contributed by atoms with Crippen LogP contribution in [0.4, 0.5) is 32.0 Å². The van der Waals surface area contributed by atoms with Gasteiger partial charge in [0.05, 0.1) is 65.7 Å². The highest BCUT2D eigenvalue weighted by molar-refractivity contribution is 6.36. The van der Waals surface area contributed by atoms with E-state index in [1.54, 1.807) is 23.7 Å². The number of nitrogens with zero attached hydrogens (tertiary/aromatic N) is 8. The number of pyridine rings is 4. The van der Waals surface area contributed by atoms with Gasteiger partial charge in [-0.3, -0.25) is 48.0 Å². The average Bonchev–Trinajstić information content (AvgIpc) is 3.03. The van der Waals surface area contributed by atoms with Crippen molar-refractivity contribution in [3.8, 4) is 11.5 Å². The number of ether oxygens (including phenoxy) is 1. The van der Waals surface area contributed by atoms with Crippen LogP contribution in [0.15, 0.2) is 101 Å². The average molecular weight is 1150 g/mol. The zero-order valence-electron chi connectivity index (χ0n) is 41.5. The van der Waals surface area contributed by atoms with Crippen LogP contribution in [-0.2, 0) is 44.1 Å². The van der Waals surface area contributed by atoms with Crippen LogP contribution >= 0.6 is 11.6 Å². The van der Waals surface area contributed by atoms with E-state index in [-0.39, 0.29) is 79.3 Å². The van der Waals surface area contributed by atoms with Gasteiger partial charge in [-0.15, -0.1) is 10.2 Å². The number of anilines is 1. The lowest BCUT2D eigenvalue weighted by Gasteiger charge is -2.24. The lowest BCUT2D eigenvalue weighted by molar-refractivity contribution is -0.0359. The molecular weight excluding hydrogens is 1090 g/mol. The maximum Gasteiger partial charge on any atom is 0.347 e. The molecule has 424 valence electrons. The molecule has 10 rings (SSSR count). The minimum Gasteiger partial charge on any atom is -0.505 e. The van der Waals surface area contributed by atoms with Crippen molar-refractivity contribution in [1.82, 2.24) is 44.1 Å². The predicted molar refractivity (Wildman–Crippen MR) is 285 cm³/mol. The van der Waals surface area contributed by atoms with Crippen LogP contribution in [0.25, 0.3) is 22.1 Å². The standard InChI is InChI=1S/C29H21ClF3N3O6.C24H22F3N7O3.2CH4/c1-2-42-28(41)20-24(37)22-23(21(30)16(12-34-22)11-15-7-9-17(31)10-8-15)35(27(20)40)13-29(32,33)14-36-25(38)18-5-3-4-6-19(18)26(36)39;1-33-12-31-32-16(33)6-7-28-22(36)17-21(35)19-20-18(30-10-24(26,27)11-34(20)23(17)37)14(9-29-19)8-13-2-4-15(25)5-3-13;;/h3-10,12,37H,2,11,13-14H2,1H3;2-5,9,12,30,35H,6-8,10-11H2,1H3,(H,28,36);2*1H4. The topological polar surface area (TPSA) is 246 Å². The number of rotatable bonds is 14. The fraction of sp³-hybridized carbons (Fsp3) is 0.273. The summed E-state index contributed by atoms with van der Waals surface area (Å²) in [5.74, 6) is -13.2. The number of benzene rings is 3. The Morgan fingerprint density at radius 1 is 0.802 bits per heavy atom. The van der Waals surface area contributed by atoms with E-state index in [1.165, 1.54) is 86.3 Å². The first-order valence-corrected chi connectivity index (χ1v) is 24.4. The number of carbonyl (C=O) groups is 4. The Kier molecular flexibility index (Phi) is 17.4. The second-order valence-corrected chi connectivity index (χ2v) is 18.8. The molecule has 3 aromatic carbocycles. The molecule has 8 aromatic rings. The SMILES string of the molecule is C.C.CCOC(=O)c1c(O)c2ncc(Cc3ccc(F)cc3)c(Cl)c2n(CC(F)(F)CN2C(=O)c3ccccc3C2=O)c1=O.Cn1cnnc1CCNC(=O)c1c(O)c2ncc(Cc3ccc(F)cc3)c3c2n(c1=O)CC(F)(F)CN3. The number of hydrogen-bond donors (Lipinski definition) is 4. The second kappa shape index (κ2) is 23.7. The van der Waals surface area contributed by atoms with Crippen molar-refractivity contribution in [2.45, 2.75) is 66.0 Å². The molecule has 0 bridgehead atoms. The molecule has 0 saturated heterocycles. The van der Waals surface area contributed by atoms with Crippen LogP contribution in [0.1, 0.15) is 91.3 Å². The number of carbonyl (C=O) groups excluding carboxylic acids is 4. The summed E-state index contributed by atoms with van der Waals surface area (Å²) in [6.07, 6.45) is 4.66. The normalized spacial score (nSPS) is 13.3. The van der Waals surface area contributed by atoms with Crippen LogP contribution in [-0.4, -0.2) is 111 Å². The summed E-state index contributed by atoms with van der Waals surface area (Å²) in [7, 11) is 1.73. The molecule has 0 fully saturated rings. The van der Waals surface area contributed by atoms with Gasteiger partial charge in [0.15, 0.2) is 17.1 Å². The summed E-state index contributed by atoms with van der Waals surface area (Å²) in [6.45, 7) is -3.28. The molecule has 5 aromatic heterocycles. The van der Waals surface area contributed by atoms with Crippen molar-refractivity contribution >= 4 is 63.0 Å². The van der Waals surface area contributed by atoms with Crippen molar-refractivity contribution in [2.75, 3.05) is 31.6 Å². The number of halogens is 7. The van der Waals surface area contributed by atoms with Gasteiger partial charge in [-0.2, -0.15) is 0 Å². The molecule has 7 heterocycles. The van der Waals surface area contributed by atoms with E-state index in [2.05, 4.69) is 30.8 Å². The maximum atomic E-state index is 15.7. The number of alkyl halides is 4. The van der Waals surface area contributed by atoms with Crippen molar-refractivity contribution in [3.63, 3.8) is 0 Å². The molecular formula is C55H51ClF6N10O9. The Labute approximate surface area is 461 Å². The van der Waals surface area contributed by atoms with Gasteiger partial charge in [0, 0.05) is 50.8 Å². The predicted octanol–water partition coefficient (Wildman–Crippen LogP) is 7.86. The summed E-state index contributed by atoms with van der Waals surface area (Å²) in [5.41, 5.74) is -2.95. The van der Waals surface area contributed by atoms with Crippen LogP contribution in [0.3, 0.4) is 0 Å². The lowest BCUT2D eigenvalue weighted by atomic mass is 10.0. The molecule has 0 aliphatic carbocycles. The highest BCUT2D eigenvalue weighted by atomic mass is 35.5. The van der Waals surface area contributed by atoms with Crippen LogP contribution in [0.5, 0.6) is 11.5 Å². The Morgan fingerprint density at radius 3 is 1.93 bits per heavy atom. The third kappa shape index (κ3) is 11.9. The highest BCUT2D eigenvalue weighted by Crippen LogP contribution is 2.38. The highest BCUT2D eigenvalue weighted by Gasteiger charge is 2.44. The minimum absolute atomic E-state index is 0. The minimum atomic E-state index is -3.91. The first kappa shape index (κ1) is 59.5. The first-order valence-electron chi connectivity index (χ1n) is 24.0. The van der Waals surface area contributed by atoms with Crippen molar-refractivity contribution in [2.24, 2.45) is 7.05 Å². The number of esters is 1. The van der Waals surface area contributed by atoms with Gasteiger partial charge < -0.3 is 30.2 Å². The third-order valence-corrected chi connectivity index (χ3v) is 13.3. The number of aromatic hydroxyl groups is 2. The van der Waals surface area contributed by atoms with Gasteiger partial charge in [-0.25, -0.2) is 31.1 Å². The molecule has 0 spiro atoms. The molecule has 0 atom stereocenters. The Bertz CT molecular complexity index is 3860.